The van der Waals surface area contributed by atoms with Crippen LogP contribution in [0.3, 0.4) is 0 Å². The van der Waals surface area contributed by atoms with E-state index < -0.39 is 0 Å². The zero-order valence-corrected chi connectivity index (χ0v) is 17.0. The lowest BCUT2D eigenvalue weighted by Gasteiger charge is -2.27. The Balaban J connectivity index is 1.51. The van der Waals surface area contributed by atoms with Gasteiger partial charge in [0.05, 0.1) is 0 Å². The van der Waals surface area contributed by atoms with Gasteiger partial charge >= 0.3 is 0 Å². The molecule has 1 aromatic heterocycles. The fourth-order valence-electron chi connectivity index (χ4n) is 3.38. The number of halogens is 1. The van der Waals surface area contributed by atoms with Crippen molar-refractivity contribution in [2.45, 2.75) is 38.6 Å². The highest BCUT2D eigenvalue weighted by Crippen LogP contribution is 2.23. The molecule has 2 N–H and O–H groups in total. The second kappa shape index (κ2) is 9.04. The number of pyridine rings is 1. The maximum atomic E-state index is 13.5. The van der Waals surface area contributed by atoms with Crippen LogP contribution in [0.15, 0.2) is 47.6 Å². The topological polar surface area (TPSA) is 52.6 Å². The van der Waals surface area contributed by atoms with Crippen LogP contribution in [0.2, 0.25) is 0 Å². The van der Waals surface area contributed by atoms with Crippen LogP contribution in [0.5, 0.6) is 0 Å². The van der Waals surface area contributed by atoms with E-state index in [9.17, 15) is 4.39 Å². The van der Waals surface area contributed by atoms with Crippen LogP contribution in [-0.2, 0) is 12.0 Å². The van der Waals surface area contributed by atoms with Crippen molar-refractivity contribution in [1.29, 1.82) is 0 Å². The van der Waals surface area contributed by atoms with Gasteiger partial charge in [0, 0.05) is 44.8 Å². The van der Waals surface area contributed by atoms with E-state index in [1.807, 2.05) is 12.3 Å². The summed E-state index contributed by atoms with van der Waals surface area (Å²) in [5.41, 5.74) is 1.84. The highest BCUT2D eigenvalue weighted by Gasteiger charge is 2.21. The van der Waals surface area contributed by atoms with Crippen LogP contribution in [0, 0.1) is 5.82 Å². The smallest absolute Gasteiger partial charge is 0.191 e. The second-order valence-corrected chi connectivity index (χ2v) is 7.89. The first-order valence-electron chi connectivity index (χ1n) is 9.88. The maximum Gasteiger partial charge on any atom is 0.191 e. The number of guanidine groups is 1. The van der Waals surface area contributed by atoms with Crippen LogP contribution in [0.25, 0.3) is 0 Å². The van der Waals surface area contributed by atoms with Crippen LogP contribution < -0.4 is 15.5 Å². The normalized spacial score (nSPS) is 15.0. The van der Waals surface area contributed by atoms with Crippen molar-refractivity contribution in [3.63, 3.8) is 0 Å². The van der Waals surface area contributed by atoms with Gasteiger partial charge in [-0.05, 0) is 42.2 Å². The van der Waals surface area contributed by atoms with Gasteiger partial charge in [0.15, 0.2) is 5.96 Å². The van der Waals surface area contributed by atoms with Crippen molar-refractivity contribution >= 4 is 11.8 Å². The summed E-state index contributed by atoms with van der Waals surface area (Å²) in [6.07, 6.45) is 4.42. The van der Waals surface area contributed by atoms with Gasteiger partial charge in [-0.15, -0.1) is 0 Å². The van der Waals surface area contributed by atoms with Crippen molar-refractivity contribution in [2.24, 2.45) is 4.99 Å². The van der Waals surface area contributed by atoms with Crippen molar-refractivity contribution in [1.82, 2.24) is 15.6 Å². The van der Waals surface area contributed by atoms with E-state index in [-0.39, 0.29) is 11.2 Å². The molecule has 3 rings (SSSR count). The van der Waals surface area contributed by atoms with E-state index in [1.54, 1.807) is 19.2 Å². The Morgan fingerprint density at radius 3 is 2.61 bits per heavy atom. The molecule has 1 fully saturated rings. The molecule has 6 heteroatoms. The molecule has 1 aromatic carbocycles. The van der Waals surface area contributed by atoms with Crippen LogP contribution in [0.1, 0.15) is 37.8 Å². The minimum atomic E-state index is -0.224. The Morgan fingerprint density at radius 2 is 1.96 bits per heavy atom. The number of aromatic nitrogens is 1. The number of aliphatic imine (C=N–C) groups is 1. The van der Waals surface area contributed by atoms with E-state index >= 15 is 0 Å². The summed E-state index contributed by atoms with van der Waals surface area (Å²) < 4.78 is 13.5. The van der Waals surface area contributed by atoms with Crippen molar-refractivity contribution < 1.29 is 4.39 Å². The van der Waals surface area contributed by atoms with Gasteiger partial charge in [0.25, 0.3) is 0 Å². The molecular formula is C22H30FN5. The molecule has 5 nitrogen and oxygen atoms in total. The summed E-state index contributed by atoms with van der Waals surface area (Å²) in [5.74, 6) is 1.56. The molecule has 28 heavy (non-hydrogen) atoms. The first-order chi connectivity index (χ1) is 13.5. The molecule has 0 atom stereocenters. The first-order valence-corrected chi connectivity index (χ1v) is 9.88. The predicted octanol–water partition coefficient (Wildman–Crippen LogP) is 3.46. The van der Waals surface area contributed by atoms with Crippen molar-refractivity contribution in [3.05, 3.63) is 59.5 Å². The first kappa shape index (κ1) is 20.1. The Bertz CT molecular complexity index is 795. The predicted molar refractivity (Wildman–Crippen MR) is 113 cm³/mol. The van der Waals surface area contributed by atoms with Gasteiger partial charge in [-0.2, -0.15) is 0 Å². The van der Waals surface area contributed by atoms with E-state index in [1.165, 1.54) is 18.9 Å². The Kier molecular flexibility index (Phi) is 6.49. The monoisotopic (exact) mass is 383 g/mol. The molecule has 2 aromatic rings. The molecule has 0 saturated carbocycles. The van der Waals surface area contributed by atoms with Gasteiger partial charge in [0.1, 0.15) is 11.6 Å². The average Bonchev–Trinajstić information content (AvgIpc) is 3.23. The Hall–Kier alpha value is -2.63. The maximum absolute atomic E-state index is 13.5. The number of anilines is 1. The minimum Gasteiger partial charge on any atom is -0.357 e. The van der Waals surface area contributed by atoms with Gasteiger partial charge in [-0.25, -0.2) is 9.37 Å². The van der Waals surface area contributed by atoms with E-state index in [2.05, 4.69) is 51.5 Å². The summed E-state index contributed by atoms with van der Waals surface area (Å²) >= 11 is 0. The summed E-state index contributed by atoms with van der Waals surface area (Å²) in [6.45, 7) is 7.66. The highest BCUT2D eigenvalue weighted by molar-refractivity contribution is 5.79. The highest BCUT2D eigenvalue weighted by atomic mass is 19.1. The molecule has 0 aliphatic carbocycles. The number of benzene rings is 1. The summed E-state index contributed by atoms with van der Waals surface area (Å²) in [7, 11) is 1.75. The van der Waals surface area contributed by atoms with Crippen molar-refractivity contribution in [2.75, 3.05) is 31.6 Å². The third kappa shape index (κ3) is 5.21. The van der Waals surface area contributed by atoms with E-state index in [0.29, 0.717) is 19.0 Å². The van der Waals surface area contributed by atoms with Gasteiger partial charge < -0.3 is 15.5 Å². The number of rotatable bonds is 6. The molecule has 1 aliphatic heterocycles. The van der Waals surface area contributed by atoms with Crippen LogP contribution in [0.4, 0.5) is 10.2 Å². The largest absolute Gasteiger partial charge is 0.357 e. The SMILES string of the molecule is CN=C(NCc1ccc(N2CCCC2)nc1)NCC(C)(C)c1cccc(F)c1. The van der Waals surface area contributed by atoms with E-state index in [4.69, 9.17) is 0 Å². The summed E-state index contributed by atoms with van der Waals surface area (Å²) in [4.78, 5) is 11.2. The molecule has 1 aliphatic rings. The lowest BCUT2D eigenvalue weighted by molar-refractivity contribution is 0.503. The molecule has 150 valence electrons. The number of nitrogens with one attached hydrogen (secondary N) is 2. The molecule has 0 bridgehead atoms. The van der Waals surface area contributed by atoms with E-state index in [0.717, 1.165) is 30.0 Å². The molecule has 0 spiro atoms. The fourth-order valence-corrected chi connectivity index (χ4v) is 3.38. The third-order valence-corrected chi connectivity index (χ3v) is 5.23. The molecule has 0 unspecified atom stereocenters. The molecule has 2 heterocycles. The van der Waals surface area contributed by atoms with Crippen molar-refractivity contribution in [3.8, 4) is 0 Å². The molecular weight excluding hydrogens is 353 g/mol. The minimum absolute atomic E-state index is 0.210. The summed E-state index contributed by atoms with van der Waals surface area (Å²) in [5, 5.41) is 6.66. The Morgan fingerprint density at radius 1 is 1.18 bits per heavy atom. The summed E-state index contributed by atoms with van der Waals surface area (Å²) in [6, 6.07) is 11.0. The zero-order chi connectivity index (χ0) is 20.0. The lowest BCUT2D eigenvalue weighted by atomic mass is 9.84. The van der Waals surface area contributed by atoms with Crippen LogP contribution >= 0.6 is 0 Å². The zero-order valence-electron chi connectivity index (χ0n) is 17.0. The van der Waals surface area contributed by atoms with Gasteiger partial charge in [-0.3, -0.25) is 4.99 Å². The van der Waals surface area contributed by atoms with Gasteiger partial charge in [0.2, 0.25) is 0 Å². The Labute approximate surface area is 167 Å². The molecule has 1 saturated heterocycles. The fraction of sp³-hybridized carbons (Fsp3) is 0.455. The quantitative estimate of drug-likeness (QED) is 0.592. The number of nitrogens with zero attached hydrogens (tertiary/aromatic N) is 3. The third-order valence-electron chi connectivity index (χ3n) is 5.23. The lowest BCUT2D eigenvalue weighted by Crippen LogP contribution is -2.43. The molecule has 0 amide bonds. The standard InChI is InChI=1S/C22H30FN5/c1-22(2,18-7-6-8-19(23)13-18)16-27-21(24-3)26-15-17-9-10-20(25-14-17)28-11-4-5-12-28/h6-10,13-14H,4-5,11-12,15-16H2,1-3H3,(H2,24,26,27). The number of hydrogen-bond acceptors (Lipinski definition) is 3. The second-order valence-electron chi connectivity index (χ2n) is 7.89. The average molecular weight is 384 g/mol. The van der Waals surface area contributed by atoms with Gasteiger partial charge in [-0.1, -0.05) is 32.0 Å². The molecule has 0 radical (unpaired) electrons. The number of hydrogen-bond donors (Lipinski definition) is 2. The van der Waals surface area contributed by atoms with Crippen LogP contribution in [-0.4, -0.2) is 37.6 Å².